The fraction of sp³-hybridized carbons (Fsp3) is 0.364. The van der Waals surface area contributed by atoms with Gasteiger partial charge in [-0.3, -0.25) is 4.40 Å². The number of ether oxygens (including phenoxy) is 1. The molecule has 2 aromatic heterocycles. The van der Waals surface area contributed by atoms with Crippen LogP contribution in [-0.2, 0) is 6.54 Å². The van der Waals surface area contributed by atoms with Crippen molar-refractivity contribution in [3.63, 3.8) is 0 Å². The highest BCUT2D eigenvalue weighted by molar-refractivity contribution is 7.15. The molecule has 1 N–H and O–H groups in total. The van der Waals surface area contributed by atoms with Gasteiger partial charge in [-0.2, -0.15) is 4.98 Å². The van der Waals surface area contributed by atoms with Crippen molar-refractivity contribution in [1.82, 2.24) is 14.7 Å². The Labute approximate surface area is 98.6 Å². The van der Waals surface area contributed by atoms with Crippen LogP contribution in [0.2, 0.25) is 0 Å². The lowest BCUT2D eigenvalue weighted by atomic mass is 10.3. The fourth-order valence-corrected chi connectivity index (χ4v) is 2.26. The minimum Gasteiger partial charge on any atom is -0.480 e. The van der Waals surface area contributed by atoms with E-state index in [0.717, 1.165) is 29.3 Å². The molecule has 0 radical (unpaired) electrons. The second-order valence-corrected chi connectivity index (χ2v) is 4.56. The third-order valence-electron chi connectivity index (χ3n) is 2.24. The lowest BCUT2D eigenvalue weighted by Crippen LogP contribution is -2.16. The van der Waals surface area contributed by atoms with E-state index in [4.69, 9.17) is 4.74 Å². The zero-order chi connectivity index (χ0) is 11.5. The van der Waals surface area contributed by atoms with Crippen molar-refractivity contribution in [3.05, 3.63) is 29.4 Å². The van der Waals surface area contributed by atoms with Gasteiger partial charge in [0, 0.05) is 24.7 Å². The normalized spacial score (nSPS) is 10.9. The molecule has 5 heteroatoms. The monoisotopic (exact) mass is 237 g/mol. The van der Waals surface area contributed by atoms with E-state index in [2.05, 4.69) is 21.3 Å². The summed E-state index contributed by atoms with van der Waals surface area (Å²) in [7, 11) is 1.65. The van der Waals surface area contributed by atoms with Gasteiger partial charge in [-0.15, -0.1) is 11.3 Å². The highest BCUT2D eigenvalue weighted by atomic mass is 32.1. The van der Waals surface area contributed by atoms with Gasteiger partial charge in [-0.25, -0.2) is 0 Å². The van der Waals surface area contributed by atoms with E-state index in [9.17, 15) is 0 Å². The summed E-state index contributed by atoms with van der Waals surface area (Å²) in [5, 5.41) is 5.33. The Morgan fingerprint density at radius 2 is 2.50 bits per heavy atom. The standard InChI is InChI=1S/C11H15N3OS/c1-8(2)6-12-7-9-10(15-3)13-11-14(9)4-5-16-11/h4-5,12H,1,6-7H2,2-3H3. The third-order valence-corrected chi connectivity index (χ3v) is 2.99. The maximum absolute atomic E-state index is 5.26. The van der Waals surface area contributed by atoms with Crippen LogP contribution < -0.4 is 10.1 Å². The number of hydrogen-bond donors (Lipinski definition) is 1. The first-order valence-corrected chi connectivity index (χ1v) is 5.94. The second kappa shape index (κ2) is 4.67. The Morgan fingerprint density at radius 1 is 1.69 bits per heavy atom. The lowest BCUT2D eigenvalue weighted by molar-refractivity contribution is 0.393. The van der Waals surface area contributed by atoms with Crippen LogP contribution >= 0.6 is 11.3 Å². The van der Waals surface area contributed by atoms with Crippen molar-refractivity contribution >= 4 is 16.3 Å². The minimum atomic E-state index is 0.695. The first kappa shape index (κ1) is 11.2. The van der Waals surface area contributed by atoms with E-state index in [1.807, 2.05) is 18.5 Å². The molecule has 0 atom stereocenters. The number of thiazole rings is 1. The van der Waals surface area contributed by atoms with Gasteiger partial charge in [-0.05, 0) is 6.92 Å². The molecule has 0 unspecified atom stereocenters. The molecule has 0 bridgehead atoms. The molecular weight excluding hydrogens is 222 g/mol. The average molecular weight is 237 g/mol. The quantitative estimate of drug-likeness (QED) is 0.809. The topological polar surface area (TPSA) is 38.6 Å². The molecule has 0 spiro atoms. The molecule has 0 aromatic carbocycles. The van der Waals surface area contributed by atoms with Crippen LogP contribution in [0.5, 0.6) is 5.88 Å². The van der Waals surface area contributed by atoms with Crippen LogP contribution in [-0.4, -0.2) is 23.0 Å². The number of aromatic nitrogens is 2. The van der Waals surface area contributed by atoms with Crippen LogP contribution in [0.4, 0.5) is 0 Å². The molecule has 2 aromatic rings. The molecule has 86 valence electrons. The number of imidazole rings is 1. The van der Waals surface area contributed by atoms with E-state index in [1.165, 1.54) is 0 Å². The van der Waals surface area contributed by atoms with Gasteiger partial charge in [0.05, 0.1) is 7.11 Å². The van der Waals surface area contributed by atoms with Crippen molar-refractivity contribution in [3.8, 4) is 5.88 Å². The summed E-state index contributed by atoms with van der Waals surface area (Å²) >= 11 is 1.60. The van der Waals surface area contributed by atoms with Crippen LogP contribution in [0.25, 0.3) is 4.96 Å². The Bertz CT molecular complexity index is 500. The van der Waals surface area contributed by atoms with E-state index < -0.39 is 0 Å². The van der Waals surface area contributed by atoms with Crippen molar-refractivity contribution in [2.24, 2.45) is 0 Å². The molecule has 0 amide bonds. The first-order valence-electron chi connectivity index (χ1n) is 5.06. The molecule has 0 aliphatic heterocycles. The minimum absolute atomic E-state index is 0.695. The molecule has 0 saturated heterocycles. The predicted molar refractivity (Wildman–Crippen MR) is 66.1 cm³/mol. The van der Waals surface area contributed by atoms with Gasteiger partial charge >= 0.3 is 0 Å². The number of rotatable bonds is 5. The smallest absolute Gasteiger partial charge is 0.237 e. The molecule has 16 heavy (non-hydrogen) atoms. The molecule has 0 aliphatic carbocycles. The zero-order valence-corrected chi connectivity index (χ0v) is 10.3. The number of nitrogens with one attached hydrogen (secondary N) is 1. The maximum Gasteiger partial charge on any atom is 0.237 e. The van der Waals surface area contributed by atoms with Crippen LogP contribution in [0.15, 0.2) is 23.7 Å². The van der Waals surface area contributed by atoms with Crippen LogP contribution in [0.1, 0.15) is 12.6 Å². The lowest BCUT2D eigenvalue weighted by Gasteiger charge is -2.05. The molecular formula is C11H15N3OS. The van der Waals surface area contributed by atoms with Crippen molar-refractivity contribution in [2.75, 3.05) is 13.7 Å². The summed E-state index contributed by atoms with van der Waals surface area (Å²) in [5.74, 6) is 0.695. The molecule has 2 rings (SSSR count). The largest absolute Gasteiger partial charge is 0.480 e. The Kier molecular flexibility index (Phi) is 3.26. The molecule has 2 heterocycles. The zero-order valence-electron chi connectivity index (χ0n) is 9.49. The predicted octanol–water partition coefficient (Wildman–Crippen LogP) is 2.07. The van der Waals surface area contributed by atoms with Gasteiger partial charge in [-0.1, -0.05) is 12.2 Å². The van der Waals surface area contributed by atoms with Crippen molar-refractivity contribution in [1.29, 1.82) is 0 Å². The molecule has 0 fully saturated rings. The van der Waals surface area contributed by atoms with E-state index in [-0.39, 0.29) is 0 Å². The van der Waals surface area contributed by atoms with E-state index in [0.29, 0.717) is 5.88 Å². The van der Waals surface area contributed by atoms with Gasteiger partial charge in [0.15, 0.2) is 4.96 Å². The van der Waals surface area contributed by atoms with Gasteiger partial charge < -0.3 is 10.1 Å². The van der Waals surface area contributed by atoms with Gasteiger partial charge in [0.25, 0.3) is 0 Å². The molecule has 4 nitrogen and oxygen atoms in total. The number of fused-ring (bicyclic) bond motifs is 1. The summed E-state index contributed by atoms with van der Waals surface area (Å²) < 4.78 is 7.31. The van der Waals surface area contributed by atoms with Crippen LogP contribution in [0.3, 0.4) is 0 Å². The summed E-state index contributed by atoms with van der Waals surface area (Å²) in [6.07, 6.45) is 2.01. The first-order chi connectivity index (χ1) is 7.72. The maximum atomic E-state index is 5.26. The van der Waals surface area contributed by atoms with Crippen molar-refractivity contribution < 1.29 is 4.74 Å². The van der Waals surface area contributed by atoms with Crippen LogP contribution in [0, 0.1) is 0 Å². The highest BCUT2D eigenvalue weighted by Crippen LogP contribution is 2.22. The molecule has 0 aliphatic rings. The summed E-state index contributed by atoms with van der Waals surface area (Å²) in [6, 6.07) is 0. The summed E-state index contributed by atoms with van der Waals surface area (Å²) in [6.45, 7) is 7.39. The highest BCUT2D eigenvalue weighted by Gasteiger charge is 2.12. The third kappa shape index (κ3) is 2.10. The van der Waals surface area contributed by atoms with Gasteiger partial charge in [0.2, 0.25) is 5.88 Å². The van der Waals surface area contributed by atoms with Gasteiger partial charge in [0.1, 0.15) is 5.69 Å². The number of nitrogens with zero attached hydrogens (tertiary/aromatic N) is 2. The Morgan fingerprint density at radius 3 is 3.19 bits per heavy atom. The Hall–Kier alpha value is -1.33. The summed E-state index contributed by atoms with van der Waals surface area (Å²) in [4.78, 5) is 5.35. The van der Waals surface area contributed by atoms with Crippen molar-refractivity contribution in [2.45, 2.75) is 13.5 Å². The summed E-state index contributed by atoms with van der Waals surface area (Å²) in [5.41, 5.74) is 2.17. The van der Waals surface area contributed by atoms with E-state index in [1.54, 1.807) is 18.4 Å². The Balaban J connectivity index is 2.19. The average Bonchev–Trinajstić information content (AvgIpc) is 2.79. The number of hydrogen-bond acceptors (Lipinski definition) is 4. The second-order valence-electron chi connectivity index (χ2n) is 3.68. The van der Waals surface area contributed by atoms with E-state index >= 15 is 0 Å². The molecule has 0 saturated carbocycles. The fourth-order valence-electron chi connectivity index (χ4n) is 1.53. The number of methoxy groups -OCH3 is 1. The SMILES string of the molecule is C=C(C)CNCc1c(OC)nc2sccn12.